The maximum absolute atomic E-state index is 11.7. The molecule has 0 atom stereocenters. The van der Waals surface area contributed by atoms with E-state index in [2.05, 4.69) is 74.0 Å². The third kappa shape index (κ3) is 6.22. The fraction of sp³-hybridized carbons (Fsp3) is 0.378. The molecule has 0 aliphatic rings. The van der Waals surface area contributed by atoms with Crippen molar-refractivity contribution in [1.82, 2.24) is 9.97 Å². The molecule has 0 saturated carbocycles. The summed E-state index contributed by atoms with van der Waals surface area (Å²) in [5.74, 6) is 0.547. The van der Waals surface area contributed by atoms with Crippen LogP contribution in [0.3, 0.4) is 0 Å². The maximum Gasteiger partial charge on any atom is 0.162 e. The molecule has 4 aromatic carbocycles. The number of allylic oxidation sites excluding steroid dienone is 2. The van der Waals surface area contributed by atoms with Gasteiger partial charge in [-0.1, -0.05) is 81.7 Å². The number of aliphatic hydroxyl groups is 1. The van der Waals surface area contributed by atoms with Crippen LogP contribution in [0.2, 0.25) is 19.6 Å². The minimum atomic E-state index is -1.51. The standard InChI is InChI=1S/C24H19N2SSi.C13H24O2.Ir/c1-13-20-16-9-14-7-5-6-8-15(14)10-17(16)23-21-18(25-12-26-23)11-19(28(2,3)4)24(27-13)22(20)21;1-5-10(6-2)12(14)9-13(15)11(7-3)8-4;/h5-9,11-12H,1-4H3;9-11,14H,5-8H2,1-4H3;/q-1;;/b;12-9-;. The Hall–Kier alpha value is -2.70. The van der Waals surface area contributed by atoms with Gasteiger partial charge >= 0.3 is 0 Å². The number of rotatable bonds is 8. The molecular formula is C37H43IrN2O2SSi-. The number of hydrogen-bond acceptors (Lipinski definition) is 5. The zero-order valence-corrected chi connectivity index (χ0v) is 31.3. The average Bonchev–Trinajstić information content (AvgIpc) is 3.33. The smallest absolute Gasteiger partial charge is 0.162 e. The fourth-order valence-electron chi connectivity index (χ4n) is 6.33. The molecule has 7 heteroatoms. The molecule has 0 spiro atoms. The largest absolute Gasteiger partial charge is 0.512 e. The van der Waals surface area contributed by atoms with Gasteiger partial charge in [0.05, 0.1) is 19.3 Å². The van der Waals surface area contributed by atoms with E-state index >= 15 is 0 Å². The number of carbonyl (C=O) groups excluding carboxylic acids is 1. The first-order chi connectivity index (χ1) is 20.5. The number of carbonyl (C=O) groups is 1. The topological polar surface area (TPSA) is 63.1 Å². The Kier molecular flexibility index (Phi) is 10.7. The Morgan fingerprint density at radius 1 is 0.955 bits per heavy atom. The van der Waals surface area contributed by atoms with Crippen LogP contribution in [0.25, 0.3) is 53.4 Å². The Morgan fingerprint density at radius 2 is 1.61 bits per heavy atom. The quantitative estimate of drug-likeness (QED) is 0.0416. The molecule has 0 aliphatic carbocycles. The number of ketones is 1. The normalized spacial score (nSPS) is 12.5. The summed E-state index contributed by atoms with van der Waals surface area (Å²) >= 11 is 1.94. The van der Waals surface area contributed by atoms with Gasteiger partial charge in [0.25, 0.3) is 0 Å². The molecule has 4 nitrogen and oxygen atoms in total. The Labute approximate surface area is 279 Å². The maximum atomic E-state index is 11.7. The van der Waals surface area contributed by atoms with Crippen LogP contribution < -0.4 is 5.19 Å². The first kappa shape index (κ1) is 34.2. The Morgan fingerprint density at radius 3 is 2.25 bits per heavy atom. The predicted octanol–water partition coefficient (Wildman–Crippen LogP) is 10.3. The van der Waals surface area contributed by atoms with Crippen LogP contribution in [0.4, 0.5) is 0 Å². The van der Waals surface area contributed by atoms with E-state index in [1.54, 1.807) is 6.33 Å². The fourth-order valence-corrected chi connectivity index (χ4v) is 9.87. The van der Waals surface area contributed by atoms with Crippen LogP contribution in [0, 0.1) is 24.8 Å². The van der Waals surface area contributed by atoms with Gasteiger partial charge in [0.15, 0.2) is 5.78 Å². The van der Waals surface area contributed by atoms with Gasteiger partial charge in [-0.25, -0.2) is 4.98 Å². The molecule has 2 aromatic heterocycles. The molecule has 0 bridgehead atoms. The van der Waals surface area contributed by atoms with E-state index in [1.807, 2.05) is 39.0 Å². The molecule has 1 radical (unpaired) electrons. The summed E-state index contributed by atoms with van der Waals surface area (Å²) < 4.78 is 1.44. The monoisotopic (exact) mass is 800 g/mol. The second-order valence-corrected chi connectivity index (χ2v) is 18.9. The molecule has 44 heavy (non-hydrogen) atoms. The van der Waals surface area contributed by atoms with Crippen molar-refractivity contribution in [2.75, 3.05) is 0 Å². The minimum absolute atomic E-state index is 0. The summed E-state index contributed by atoms with van der Waals surface area (Å²) in [6.07, 6.45) is 6.62. The van der Waals surface area contributed by atoms with E-state index < -0.39 is 8.07 Å². The van der Waals surface area contributed by atoms with Gasteiger partial charge in [-0.05, 0) is 54.6 Å². The number of nitrogens with zero attached hydrogens (tertiary/aromatic N) is 2. The van der Waals surface area contributed by atoms with E-state index in [0.717, 1.165) is 47.5 Å². The summed E-state index contributed by atoms with van der Waals surface area (Å²) in [5.41, 5.74) is 2.10. The zero-order valence-electron chi connectivity index (χ0n) is 27.1. The number of aliphatic hydroxyl groups excluding tert-OH is 1. The van der Waals surface area contributed by atoms with E-state index in [4.69, 9.17) is 4.98 Å². The van der Waals surface area contributed by atoms with Crippen molar-refractivity contribution < 1.29 is 30.0 Å². The first-order valence-electron chi connectivity index (χ1n) is 15.6. The minimum Gasteiger partial charge on any atom is -0.512 e. The molecule has 0 unspecified atom stereocenters. The van der Waals surface area contributed by atoms with Crippen LogP contribution in [0.1, 0.15) is 58.3 Å². The van der Waals surface area contributed by atoms with Crippen molar-refractivity contribution in [2.24, 2.45) is 11.8 Å². The van der Waals surface area contributed by atoms with Crippen molar-refractivity contribution >= 4 is 83.8 Å². The van der Waals surface area contributed by atoms with Crippen LogP contribution in [0.5, 0.6) is 0 Å². The zero-order chi connectivity index (χ0) is 31.1. The summed E-state index contributed by atoms with van der Waals surface area (Å²) in [7, 11) is -1.51. The Bertz CT molecular complexity index is 1970. The van der Waals surface area contributed by atoms with Crippen LogP contribution in [-0.4, -0.2) is 28.9 Å². The number of aryl methyl sites for hydroxylation is 1. The van der Waals surface area contributed by atoms with Gasteiger partial charge in [0, 0.05) is 58.5 Å². The molecule has 233 valence electrons. The molecule has 6 rings (SSSR count). The number of benzene rings is 4. The van der Waals surface area contributed by atoms with Gasteiger partial charge in [-0.3, -0.25) is 9.78 Å². The molecule has 1 N–H and O–H groups in total. The molecule has 0 fully saturated rings. The second-order valence-electron chi connectivity index (χ2n) is 12.7. The van der Waals surface area contributed by atoms with Crippen LogP contribution in [-0.2, 0) is 24.9 Å². The molecule has 0 aliphatic heterocycles. The number of aromatic nitrogens is 2. The summed E-state index contributed by atoms with van der Waals surface area (Å²) in [5, 5.41) is 20.0. The summed E-state index contributed by atoms with van der Waals surface area (Å²) in [6, 6.07) is 16.8. The molecule has 2 heterocycles. The predicted molar refractivity (Wildman–Crippen MR) is 189 cm³/mol. The van der Waals surface area contributed by atoms with E-state index in [0.29, 0.717) is 0 Å². The van der Waals surface area contributed by atoms with E-state index in [9.17, 15) is 9.90 Å². The number of fused-ring (bicyclic) bond motifs is 4. The molecule has 0 saturated heterocycles. The SMILES string of the molecule is CCC(CC)C(=O)/C=C(\O)C(CC)CC.Cc1sc2c([Si](C)(C)C)cc3ncnc4c5[c-]c6ccccc6cc5c1c2c34.[Ir]. The third-order valence-corrected chi connectivity index (χ3v) is 12.3. The number of thiophene rings is 1. The molecular weight excluding hydrogens is 757 g/mol. The van der Waals surface area contributed by atoms with Gasteiger partial charge in [-0.15, -0.1) is 34.9 Å². The van der Waals surface area contributed by atoms with E-state index in [1.165, 1.54) is 47.8 Å². The second kappa shape index (κ2) is 13.7. The van der Waals surface area contributed by atoms with Crippen molar-refractivity contribution in [1.29, 1.82) is 0 Å². The third-order valence-electron chi connectivity index (χ3n) is 8.92. The van der Waals surface area contributed by atoms with E-state index in [-0.39, 0.29) is 43.5 Å². The summed E-state index contributed by atoms with van der Waals surface area (Å²) in [6.45, 7) is 17.6. The van der Waals surface area contributed by atoms with Crippen molar-refractivity contribution in [3.8, 4) is 0 Å². The average molecular weight is 800 g/mol. The van der Waals surface area contributed by atoms with Crippen molar-refractivity contribution in [2.45, 2.75) is 79.9 Å². The Balaban J connectivity index is 0.000000239. The van der Waals surface area contributed by atoms with Crippen LogP contribution >= 0.6 is 11.3 Å². The molecule has 6 aromatic rings. The van der Waals surface area contributed by atoms with Gasteiger partial charge in [0.1, 0.15) is 6.33 Å². The van der Waals surface area contributed by atoms with Crippen molar-refractivity contribution in [3.63, 3.8) is 0 Å². The molecule has 0 amide bonds. The van der Waals surface area contributed by atoms with Gasteiger partial charge in [-0.2, -0.15) is 0 Å². The summed E-state index contributed by atoms with van der Waals surface area (Å²) in [4.78, 5) is 22.5. The first-order valence-corrected chi connectivity index (χ1v) is 20.0. The number of hydrogen-bond donors (Lipinski definition) is 1. The van der Waals surface area contributed by atoms with Gasteiger partial charge < -0.3 is 5.11 Å². The van der Waals surface area contributed by atoms with Gasteiger partial charge in [0.2, 0.25) is 0 Å². The van der Waals surface area contributed by atoms with Crippen LogP contribution in [0.15, 0.2) is 54.6 Å². The van der Waals surface area contributed by atoms with Crippen molar-refractivity contribution in [3.05, 3.63) is 65.5 Å².